The minimum Gasteiger partial charge on any atom is -0.355 e. The highest BCUT2D eigenvalue weighted by molar-refractivity contribution is 7.98. The number of hydrogen-bond acceptors (Lipinski definition) is 5. The molecule has 0 aliphatic carbocycles. The quantitative estimate of drug-likeness (QED) is 0.525. The van der Waals surface area contributed by atoms with E-state index < -0.39 is 0 Å². The third-order valence-corrected chi connectivity index (χ3v) is 5.47. The molecule has 1 aromatic carbocycles. The Morgan fingerprint density at radius 2 is 1.95 bits per heavy atom. The third-order valence-electron chi connectivity index (χ3n) is 3.77. The van der Waals surface area contributed by atoms with Crippen molar-refractivity contribution in [3.8, 4) is 0 Å². The SMILES string of the molecule is CSc1nc(N2CCCC2)c2sc3ccccc3c2n1. The van der Waals surface area contributed by atoms with E-state index in [0.717, 1.165) is 29.6 Å². The summed E-state index contributed by atoms with van der Waals surface area (Å²) in [6, 6.07) is 8.52. The van der Waals surface area contributed by atoms with Gasteiger partial charge in [-0.25, -0.2) is 9.97 Å². The first-order chi connectivity index (χ1) is 9.86. The first-order valence-corrected chi connectivity index (χ1v) is 8.89. The molecule has 102 valence electrons. The van der Waals surface area contributed by atoms with E-state index in [2.05, 4.69) is 29.2 Å². The number of anilines is 1. The Bertz CT molecular complexity index is 775. The van der Waals surface area contributed by atoms with Gasteiger partial charge in [-0.1, -0.05) is 30.0 Å². The molecule has 1 aliphatic rings. The summed E-state index contributed by atoms with van der Waals surface area (Å²) in [5.41, 5.74) is 1.12. The van der Waals surface area contributed by atoms with E-state index in [0.29, 0.717) is 0 Å². The van der Waals surface area contributed by atoms with Crippen LogP contribution in [0.15, 0.2) is 29.4 Å². The maximum absolute atomic E-state index is 4.78. The van der Waals surface area contributed by atoms with E-state index in [1.165, 1.54) is 27.6 Å². The number of nitrogens with zero attached hydrogens (tertiary/aromatic N) is 3. The highest BCUT2D eigenvalue weighted by atomic mass is 32.2. The molecule has 0 spiro atoms. The summed E-state index contributed by atoms with van der Waals surface area (Å²) in [7, 11) is 0. The van der Waals surface area contributed by atoms with Gasteiger partial charge in [0.2, 0.25) is 0 Å². The van der Waals surface area contributed by atoms with Gasteiger partial charge >= 0.3 is 0 Å². The highest BCUT2D eigenvalue weighted by Gasteiger charge is 2.20. The molecule has 2 aromatic heterocycles. The lowest BCUT2D eigenvalue weighted by atomic mass is 10.2. The van der Waals surface area contributed by atoms with Crippen molar-refractivity contribution in [1.82, 2.24) is 9.97 Å². The van der Waals surface area contributed by atoms with E-state index in [9.17, 15) is 0 Å². The number of hydrogen-bond donors (Lipinski definition) is 0. The zero-order chi connectivity index (χ0) is 13.5. The molecular weight excluding hydrogens is 286 g/mol. The van der Waals surface area contributed by atoms with E-state index in [1.54, 1.807) is 11.8 Å². The van der Waals surface area contributed by atoms with Crippen LogP contribution in [0.25, 0.3) is 20.3 Å². The van der Waals surface area contributed by atoms with Crippen LogP contribution < -0.4 is 4.90 Å². The summed E-state index contributed by atoms with van der Waals surface area (Å²) >= 11 is 3.44. The normalized spacial score (nSPS) is 15.6. The van der Waals surface area contributed by atoms with Crippen LogP contribution in [-0.4, -0.2) is 29.3 Å². The lowest BCUT2D eigenvalue weighted by Gasteiger charge is -2.17. The summed E-state index contributed by atoms with van der Waals surface area (Å²) in [4.78, 5) is 12.0. The molecule has 0 amide bonds. The molecule has 3 heterocycles. The standard InChI is InChI=1S/C15H15N3S2/c1-19-15-16-12-10-6-2-3-7-11(10)20-13(12)14(17-15)18-8-4-5-9-18/h2-3,6-7H,4-5,8-9H2,1H3. The predicted molar refractivity (Wildman–Crippen MR) is 88.1 cm³/mol. The molecule has 1 fully saturated rings. The summed E-state index contributed by atoms with van der Waals surface area (Å²) in [6.45, 7) is 2.24. The Kier molecular flexibility index (Phi) is 3.04. The van der Waals surface area contributed by atoms with Gasteiger partial charge in [0.25, 0.3) is 0 Å². The zero-order valence-corrected chi connectivity index (χ0v) is 12.9. The summed E-state index contributed by atoms with van der Waals surface area (Å²) in [5, 5.41) is 2.13. The fourth-order valence-electron chi connectivity index (χ4n) is 2.79. The number of aromatic nitrogens is 2. The van der Waals surface area contributed by atoms with Crippen LogP contribution in [0.2, 0.25) is 0 Å². The maximum atomic E-state index is 4.78. The van der Waals surface area contributed by atoms with Gasteiger partial charge in [-0.2, -0.15) is 0 Å². The van der Waals surface area contributed by atoms with Crippen molar-refractivity contribution < 1.29 is 0 Å². The Morgan fingerprint density at radius 1 is 1.15 bits per heavy atom. The molecule has 0 saturated carbocycles. The first-order valence-electron chi connectivity index (χ1n) is 6.85. The van der Waals surface area contributed by atoms with Crippen LogP contribution in [0.1, 0.15) is 12.8 Å². The third kappa shape index (κ3) is 1.88. The minimum atomic E-state index is 0.878. The molecular formula is C15H15N3S2. The van der Waals surface area contributed by atoms with Gasteiger partial charge in [-0.15, -0.1) is 11.3 Å². The largest absolute Gasteiger partial charge is 0.355 e. The van der Waals surface area contributed by atoms with Crippen molar-refractivity contribution >= 4 is 49.2 Å². The van der Waals surface area contributed by atoms with E-state index in [4.69, 9.17) is 9.97 Å². The number of benzene rings is 1. The molecule has 0 bridgehead atoms. The van der Waals surface area contributed by atoms with Crippen LogP contribution in [-0.2, 0) is 0 Å². The van der Waals surface area contributed by atoms with Crippen molar-refractivity contribution in [3.05, 3.63) is 24.3 Å². The molecule has 0 radical (unpaired) electrons. The highest BCUT2D eigenvalue weighted by Crippen LogP contribution is 2.39. The van der Waals surface area contributed by atoms with Crippen LogP contribution in [0.4, 0.5) is 5.82 Å². The second kappa shape index (κ2) is 4.90. The van der Waals surface area contributed by atoms with Gasteiger partial charge in [0.1, 0.15) is 0 Å². The monoisotopic (exact) mass is 301 g/mol. The van der Waals surface area contributed by atoms with Crippen LogP contribution in [0.5, 0.6) is 0 Å². The number of fused-ring (bicyclic) bond motifs is 3. The molecule has 3 aromatic rings. The zero-order valence-electron chi connectivity index (χ0n) is 11.3. The average Bonchev–Trinajstić information content (AvgIpc) is 3.13. The molecule has 0 unspecified atom stereocenters. The van der Waals surface area contributed by atoms with Gasteiger partial charge < -0.3 is 4.90 Å². The summed E-state index contributed by atoms with van der Waals surface area (Å²) in [6.07, 6.45) is 4.58. The molecule has 1 saturated heterocycles. The Balaban J connectivity index is 2.05. The molecule has 0 N–H and O–H groups in total. The molecule has 5 heteroatoms. The van der Waals surface area contributed by atoms with Crippen molar-refractivity contribution in [2.24, 2.45) is 0 Å². The lowest BCUT2D eigenvalue weighted by molar-refractivity contribution is 0.902. The molecule has 20 heavy (non-hydrogen) atoms. The summed E-state index contributed by atoms with van der Waals surface area (Å²) in [5.74, 6) is 1.14. The molecule has 4 rings (SSSR count). The van der Waals surface area contributed by atoms with Gasteiger partial charge in [0, 0.05) is 23.2 Å². The van der Waals surface area contributed by atoms with Gasteiger partial charge in [0.05, 0.1) is 10.2 Å². The Morgan fingerprint density at radius 3 is 2.75 bits per heavy atom. The van der Waals surface area contributed by atoms with Crippen molar-refractivity contribution in [2.75, 3.05) is 24.2 Å². The van der Waals surface area contributed by atoms with Crippen molar-refractivity contribution in [2.45, 2.75) is 18.0 Å². The Labute approximate surface area is 126 Å². The average molecular weight is 301 g/mol. The fourth-order valence-corrected chi connectivity index (χ4v) is 4.31. The second-order valence-electron chi connectivity index (χ2n) is 5.00. The van der Waals surface area contributed by atoms with Gasteiger partial charge in [-0.3, -0.25) is 0 Å². The van der Waals surface area contributed by atoms with Gasteiger partial charge in [0.15, 0.2) is 11.0 Å². The fraction of sp³-hybridized carbons (Fsp3) is 0.333. The molecule has 0 atom stereocenters. The number of thiophene rings is 1. The number of thioether (sulfide) groups is 1. The van der Waals surface area contributed by atoms with Gasteiger partial charge in [-0.05, 0) is 25.2 Å². The van der Waals surface area contributed by atoms with Crippen molar-refractivity contribution in [3.63, 3.8) is 0 Å². The molecule has 3 nitrogen and oxygen atoms in total. The summed E-state index contributed by atoms with van der Waals surface area (Å²) < 4.78 is 2.54. The van der Waals surface area contributed by atoms with E-state index >= 15 is 0 Å². The second-order valence-corrected chi connectivity index (χ2v) is 6.83. The minimum absolute atomic E-state index is 0.878. The lowest BCUT2D eigenvalue weighted by Crippen LogP contribution is -2.19. The predicted octanol–water partition coefficient (Wildman–Crippen LogP) is 4.17. The van der Waals surface area contributed by atoms with E-state index in [1.807, 2.05) is 17.6 Å². The smallest absolute Gasteiger partial charge is 0.189 e. The number of rotatable bonds is 2. The van der Waals surface area contributed by atoms with Crippen LogP contribution >= 0.6 is 23.1 Å². The Hall–Kier alpha value is -1.33. The first kappa shape index (κ1) is 12.4. The maximum Gasteiger partial charge on any atom is 0.189 e. The van der Waals surface area contributed by atoms with Crippen LogP contribution in [0, 0.1) is 0 Å². The van der Waals surface area contributed by atoms with Crippen LogP contribution in [0.3, 0.4) is 0 Å². The molecule has 1 aliphatic heterocycles. The van der Waals surface area contributed by atoms with E-state index in [-0.39, 0.29) is 0 Å². The van der Waals surface area contributed by atoms with Crippen molar-refractivity contribution in [1.29, 1.82) is 0 Å². The topological polar surface area (TPSA) is 29.0 Å².